The van der Waals surface area contributed by atoms with Crippen LogP contribution in [0, 0.1) is 6.92 Å². The zero-order chi connectivity index (χ0) is 17.4. The van der Waals surface area contributed by atoms with Crippen LogP contribution in [0.2, 0.25) is 0 Å². The molecular formula is C20H18N4O. The van der Waals surface area contributed by atoms with Gasteiger partial charge in [-0.1, -0.05) is 36.4 Å². The number of fused-ring (bicyclic) bond motifs is 1. The van der Waals surface area contributed by atoms with Crippen LogP contribution in [0.25, 0.3) is 16.6 Å². The van der Waals surface area contributed by atoms with E-state index in [2.05, 4.69) is 9.98 Å². The van der Waals surface area contributed by atoms with Crippen LogP contribution in [0.3, 0.4) is 0 Å². The summed E-state index contributed by atoms with van der Waals surface area (Å²) in [5, 5.41) is 1.09. The van der Waals surface area contributed by atoms with Crippen molar-refractivity contribution in [2.75, 3.05) is 0 Å². The molecule has 0 spiro atoms. The Morgan fingerprint density at radius 1 is 1.04 bits per heavy atom. The highest BCUT2D eigenvalue weighted by atomic mass is 16.1. The van der Waals surface area contributed by atoms with Crippen LogP contribution in [-0.4, -0.2) is 20.6 Å². The molecule has 4 rings (SSSR count). The number of hydrogen-bond donors (Lipinski definition) is 1. The van der Waals surface area contributed by atoms with Gasteiger partial charge in [-0.05, 0) is 25.1 Å². The Morgan fingerprint density at radius 3 is 2.56 bits per heavy atom. The minimum Gasteiger partial charge on any atom is -0.361 e. The van der Waals surface area contributed by atoms with Crippen molar-refractivity contribution in [2.24, 2.45) is 12.0 Å². The van der Waals surface area contributed by atoms with E-state index in [1.807, 2.05) is 79.4 Å². The van der Waals surface area contributed by atoms with Crippen LogP contribution >= 0.6 is 0 Å². The van der Waals surface area contributed by atoms with Gasteiger partial charge in [0.2, 0.25) is 0 Å². The highest BCUT2D eigenvalue weighted by molar-refractivity contribution is 5.99. The third-order valence-corrected chi connectivity index (χ3v) is 4.48. The van der Waals surface area contributed by atoms with Gasteiger partial charge in [0.1, 0.15) is 0 Å². The summed E-state index contributed by atoms with van der Waals surface area (Å²) in [5.41, 5.74) is 4.00. The van der Waals surface area contributed by atoms with Gasteiger partial charge in [-0.3, -0.25) is 9.48 Å². The van der Waals surface area contributed by atoms with E-state index in [9.17, 15) is 4.79 Å². The standard InChI is InChI=1S/C20H18N4O/c1-14-19(20(25)24(23(14)2)16-8-4-3-5-9-16)22-13-15-12-21-18-11-7-6-10-17(15)18/h3-13,21H,1-2H3. The third kappa shape index (κ3) is 2.50. The van der Waals surface area contributed by atoms with Gasteiger partial charge in [0, 0.05) is 35.9 Å². The average molecular weight is 330 g/mol. The zero-order valence-electron chi connectivity index (χ0n) is 14.1. The molecule has 0 saturated carbocycles. The van der Waals surface area contributed by atoms with Gasteiger partial charge in [-0.15, -0.1) is 0 Å². The Hall–Kier alpha value is -3.34. The van der Waals surface area contributed by atoms with Crippen molar-refractivity contribution in [3.05, 3.63) is 82.4 Å². The first-order valence-corrected chi connectivity index (χ1v) is 8.11. The summed E-state index contributed by atoms with van der Waals surface area (Å²) in [4.78, 5) is 20.6. The molecule has 0 aliphatic heterocycles. The van der Waals surface area contributed by atoms with E-state index in [0.717, 1.165) is 27.8 Å². The summed E-state index contributed by atoms with van der Waals surface area (Å²) >= 11 is 0. The summed E-state index contributed by atoms with van der Waals surface area (Å²) in [6, 6.07) is 17.6. The minimum absolute atomic E-state index is 0.123. The van der Waals surface area contributed by atoms with Crippen molar-refractivity contribution in [3.63, 3.8) is 0 Å². The lowest BCUT2D eigenvalue weighted by Crippen LogP contribution is -2.19. The molecule has 4 aromatic rings. The predicted molar refractivity (Wildman–Crippen MR) is 101 cm³/mol. The number of aromatic amines is 1. The lowest BCUT2D eigenvalue weighted by molar-refractivity contribution is 0.630. The molecule has 0 bridgehead atoms. The number of nitrogens with zero attached hydrogens (tertiary/aromatic N) is 3. The molecule has 0 aliphatic rings. The largest absolute Gasteiger partial charge is 0.361 e. The summed E-state index contributed by atoms with van der Waals surface area (Å²) < 4.78 is 3.47. The van der Waals surface area contributed by atoms with Gasteiger partial charge >= 0.3 is 0 Å². The quantitative estimate of drug-likeness (QED) is 0.572. The van der Waals surface area contributed by atoms with Gasteiger partial charge in [0.25, 0.3) is 5.56 Å². The second kappa shape index (κ2) is 5.94. The maximum atomic E-state index is 12.9. The zero-order valence-corrected chi connectivity index (χ0v) is 14.1. The number of aliphatic imine (C=N–C) groups is 1. The molecule has 0 saturated heterocycles. The number of aromatic nitrogens is 3. The lowest BCUT2D eigenvalue weighted by atomic mass is 10.2. The van der Waals surface area contributed by atoms with Crippen molar-refractivity contribution >= 4 is 22.8 Å². The molecule has 0 unspecified atom stereocenters. The van der Waals surface area contributed by atoms with Gasteiger partial charge in [0.15, 0.2) is 5.69 Å². The molecule has 5 heteroatoms. The monoisotopic (exact) mass is 330 g/mol. The minimum atomic E-state index is -0.123. The fourth-order valence-electron chi connectivity index (χ4n) is 3.04. The van der Waals surface area contributed by atoms with E-state index in [-0.39, 0.29) is 5.56 Å². The van der Waals surface area contributed by atoms with E-state index < -0.39 is 0 Å². The van der Waals surface area contributed by atoms with Crippen LogP contribution in [0.1, 0.15) is 11.3 Å². The van der Waals surface area contributed by atoms with Crippen LogP contribution < -0.4 is 5.56 Å². The van der Waals surface area contributed by atoms with Crippen LogP contribution in [-0.2, 0) is 7.05 Å². The summed E-state index contributed by atoms with van der Waals surface area (Å²) in [6.45, 7) is 1.91. The fourth-order valence-corrected chi connectivity index (χ4v) is 3.04. The van der Waals surface area contributed by atoms with Gasteiger partial charge in [-0.2, -0.15) is 0 Å². The Morgan fingerprint density at radius 2 is 1.76 bits per heavy atom. The van der Waals surface area contributed by atoms with E-state index in [0.29, 0.717) is 5.69 Å². The first-order chi connectivity index (χ1) is 12.2. The second-order valence-corrected chi connectivity index (χ2v) is 5.96. The van der Waals surface area contributed by atoms with Crippen molar-refractivity contribution in [2.45, 2.75) is 6.92 Å². The molecule has 2 heterocycles. The molecule has 2 aromatic carbocycles. The number of H-pyrrole nitrogens is 1. The third-order valence-electron chi connectivity index (χ3n) is 4.48. The molecule has 0 atom stereocenters. The smallest absolute Gasteiger partial charge is 0.297 e. The van der Waals surface area contributed by atoms with Crippen LogP contribution in [0.4, 0.5) is 5.69 Å². The van der Waals surface area contributed by atoms with Gasteiger partial charge in [-0.25, -0.2) is 9.67 Å². The lowest BCUT2D eigenvalue weighted by Gasteiger charge is -2.07. The van der Waals surface area contributed by atoms with E-state index in [1.54, 1.807) is 10.9 Å². The molecule has 0 amide bonds. The predicted octanol–water partition coefficient (Wildman–Crippen LogP) is 3.72. The first-order valence-electron chi connectivity index (χ1n) is 8.11. The highest BCUT2D eigenvalue weighted by Crippen LogP contribution is 2.19. The van der Waals surface area contributed by atoms with E-state index in [4.69, 9.17) is 0 Å². The molecule has 0 fully saturated rings. The first kappa shape index (κ1) is 15.2. The maximum absolute atomic E-state index is 12.9. The Bertz CT molecular complexity index is 1130. The highest BCUT2D eigenvalue weighted by Gasteiger charge is 2.15. The van der Waals surface area contributed by atoms with Crippen LogP contribution in [0.5, 0.6) is 0 Å². The summed E-state index contributed by atoms with van der Waals surface area (Å²) in [7, 11) is 1.87. The van der Waals surface area contributed by atoms with E-state index >= 15 is 0 Å². The SMILES string of the molecule is Cc1c(N=Cc2c[nH]c3ccccc23)c(=O)n(-c2ccccc2)n1C. The molecular weight excluding hydrogens is 312 g/mol. The van der Waals surface area contributed by atoms with Crippen LogP contribution in [0.15, 0.2) is 70.6 Å². The maximum Gasteiger partial charge on any atom is 0.297 e. The van der Waals surface area contributed by atoms with Gasteiger partial charge < -0.3 is 4.98 Å². The number of hydrogen-bond acceptors (Lipinski definition) is 2. The molecule has 5 nitrogen and oxygen atoms in total. The van der Waals surface area contributed by atoms with Crippen molar-refractivity contribution in [1.82, 2.24) is 14.3 Å². The second-order valence-electron chi connectivity index (χ2n) is 5.96. The molecule has 2 aromatic heterocycles. The fraction of sp³-hybridized carbons (Fsp3) is 0.100. The average Bonchev–Trinajstić information content (AvgIpc) is 3.14. The number of rotatable bonds is 3. The molecule has 0 aliphatic carbocycles. The number of nitrogens with one attached hydrogen (secondary N) is 1. The molecule has 1 N–H and O–H groups in total. The Labute approximate surface area is 144 Å². The summed E-state index contributed by atoms with van der Waals surface area (Å²) in [6.07, 6.45) is 3.65. The van der Waals surface area contributed by atoms with Crippen molar-refractivity contribution < 1.29 is 0 Å². The summed E-state index contributed by atoms with van der Waals surface area (Å²) in [5.74, 6) is 0. The number of benzene rings is 2. The topological polar surface area (TPSA) is 55.1 Å². The Kier molecular flexibility index (Phi) is 3.61. The Balaban J connectivity index is 1.80. The van der Waals surface area contributed by atoms with Crippen molar-refractivity contribution in [1.29, 1.82) is 0 Å². The van der Waals surface area contributed by atoms with Gasteiger partial charge in [0.05, 0.1) is 11.4 Å². The van der Waals surface area contributed by atoms with E-state index in [1.165, 1.54) is 0 Å². The molecule has 0 radical (unpaired) electrons. The molecule has 124 valence electrons. The van der Waals surface area contributed by atoms with Crippen molar-refractivity contribution in [3.8, 4) is 5.69 Å². The normalized spacial score (nSPS) is 11.6. The molecule has 25 heavy (non-hydrogen) atoms. The number of para-hydroxylation sites is 2.